The van der Waals surface area contributed by atoms with E-state index in [1.165, 1.54) is 17.9 Å². The third-order valence-electron chi connectivity index (χ3n) is 5.95. The Labute approximate surface area is 207 Å². The average Bonchev–Trinajstić information content (AvgIpc) is 3.19. The van der Waals surface area contributed by atoms with Gasteiger partial charge in [-0.15, -0.1) is 0 Å². The molecule has 2 amide bonds. The van der Waals surface area contributed by atoms with Crippen LogP contribution in [-0.4, -0.2) is 67.3 Å². The van der Waals surface area contributed by atoms with E-state index in [1.807, 2.05) is 45.0 Å². The summed E-state index contributed by atoms with van der Waals surface area (Å²) in [6.07, 6.45) is 1.05. The first-order valence-electron chi connectivity index (χ1n) is 11.7. The largest absolute Gasteiger partial charge is 0.444 e. The van der Waals surface area contributed by atoms with Crippen LogP contribution < -0.4 is 21.5 Å². The van der Waals surface area contributed by atoms with Gasteiger partial charge in [0, 0.05) is 44.1 Å². The quantitative estimate of drug-likeness (QED) is 0.558. The van der Waals surface area contributed by atoms with Crippen LogP contribution >= 0.6 is 0 Å². The molecule has 1 atom stereocenters. The summed E-state index contributed by atoms with van der Waals surface area (Å²) in [4.78, 5) is 59.6. The average molecular weight is 498 g/mol. The van der Waals surface area contributed by atoms with Gasteiger partial charge in [-0.25, -0.2) is 14.6 Å². The van der Waals surface area contributed by atoms with Crippen molar-refractivity contribution in [1.82, 2.24) is 24.0 Å². The van der Waals surface area contributed by atoms with E-state index in [9.17, 15) is 19.2 Å². The molecule has 12 nitrogen and oxygen atoms in total. The number of nitrogens with one attached hydrogen (secondary N) is 2. The molecule has 3 aromatic rings. The van der Waals surface area contributed by atoms with E-state index in [4.69, 9.17) is 4.74 Å². The van der Waals surface area contributed by atoms with Crippen molar-refractivity contribution in [2.45, 2.75) is 45.9 Å². The van der Waals surface area contributed by atoms with Gasteiger partial charge in [-0.2, -0.15) is 0 Å². The van der Waals surface area contributed by atoms with Crippen LogP contribution in [-0.2, 0) is 23.1 Å². The number of aromatic amines is 1. The summed E-state index contributed by atoms with van der Waals surface area (Å²) in [7, 11) is 1.36. The topological polar surface area (TPSA) is 135 Å². The minimum atomic E-state index is -0.567. The number of aromatic nitrogens is 4. The van der Waals surface area contributed by atoms with Crippen LogP contribution in [0.2, 0.25) is 0 Å². The Morgan fingerprint density at radius 1 is 1.17 bits per heavy atom. The predicted octanol–water partition coefficient (Wildman–Crippen LogP) is 1.51. The second kappa shape index (κ2) is 9.51. The molecule has 192 valence electrons. The number of rotatable bonds is 4. The molecule has 0 saturated carbocycles. The molecule has 0 aliphatic carbocycles. The molecular formula is C24H31N7O5. The normalized spacial score (nSPS) is 16.3. The Hall–Kier alpha value is -4.09. The molecule has 1 saturated heterocycles. The first-order valence-corrected chi connectivity index (χ1v) is 11.7. The Morgan fingerprint density at radius 3 is 2.50 bits per heavy atom. The van der Waals surface area contributed by atoms with Crippen LogP contribution in [0.5, 0.6) is 0 Å². The Kier molecular flexibility index (Phi) is 6.61. The maximum atomic E-state index is 12.6. The standard InChI is InChI=1S/C24H31N7O5/c1-15-12-29(23(35)36-24(2,3)4)10-11-31(15)17-8-6-16(7-9-17)26-18(32)13-30-14-25-20-19(30)21(33)28(5)22(34)27-20/h6-9,14-15H,10-13H2,1-5H3,(H,26,32)(H,27,34)/t15-/m0/s1. The van der Waals surface area contributed by atoms with Gasteiger partial charge < -0.3 is 24.4 Å². The minimum Gasteiger partial charge on any atom is -0.444 e. The zero-order valence-electron chi connectivity index (χ0n) is 21.1. The van der Waals surface area contributed by atoms with Crippen molar-refractivity contribution in [3.63, 3.8) is 0 Å². The molecule has 2 aromatic heterocycles. The second-order valence-electron chi connectivity index (χ2n) is 9.93. The third kappa shape index (κ3) is 5.26. The van der Waals surface area contributed by atoms with Crippen molar-refractivity contribution < 1.29 is 14.3 Å². The maximum Gasteiger partial charge on any atom is 0.410 e. The number of piperazine rings is 1. The van der Waals surface area contributed by atoms with Crippen LogP contribution in [0, 0.1) is 0 Å². The molecule has 0 radical (unpaired) electrons. The number of imidazole rings is 1. The fourth-order valence-corrected chi connectivity index (χ4v) is 4.18. The molecular weight excluding hydrogens is 466 g/mol. The molecule has 1 aromatic carbocycles. The lowest BCUT2D eigenvalue weighted by Crippen LogP contribution is -2.54. The van der Waals surface area contributed by atoms with Gasteiger partial charge in [0.2, 0.25) is 5.91 Å². The van der Waals surface area contributed by atoms with E-state index in [1.54, 1.807) is 4.90 Å². The number of nitrogens with zero attached hydrogens (tertiary/aromatic N) is 5. The summed E-state index contributed by atoms with van der Waals surface area (Å²) < 4.78 is 7.83. The number of ether oxygens (including phenoxy) is 1. The summed E-state index contributed by atoms with van der Waals surface area (Å²) in [6.45, 7) is 9.25. The van der Waals surface area contributed by atoms with Gasteiger partial charge in [0.05, 0.1) is 6.33 Å². The molecule has 3 heterocycles. The van der Waals surface area contributed by atoms with Crippen molar-refractivity contribution in [3.05, 3.63) is 51.4 Å². The van der Waals surface area contributed by atoms with Gasteiger partial charge in [0.15, 0.2) is 11.2 Å². The van der Waals surface area contributed by atoms with Gasteiger partial charge in [-0.3, -0.25) is 19.1 Å². The van der Waals surface area contributed by atoms with Gasteiger partial charge in [0.25, 0.3) is 5.56 Å². The second-order valence-corrected chi connectivity index (χ2v) is 9.93. The van der Waals surface area contributed by atoms with E-state index in [2.05, 4.69) is 27.1 Å². The summed E-state index contributed by atoms with van der Waals surface area (Å²) in [5.41, 5.74) is 0.263. The SMILES string of the molecule is C[C@H]1CN(C(=O)OC(C)(C)C)CCN1c1ccc(NC(=O)Cn2cnc3[nH]c(=O)n(C)c(=O)c32)cc1. The first kappa shape index (κ1) is 25.0. The smallest absolute Gasteiger partial charge is 0.410 e. The molecule has 0 spiro atoms. The van der Waals surface area contributed by atoms with Gasteiger partial charge in [0.1, 0.15) is 12.1 Å². The van der Waals surface area contributed by atoms with Gasteiger partial charge in [-0.1, -0.05) is 0 Å². The van der Waals surface area contributed by atoms with Crippen LogP contribution in [0.15, 0.2) is 40.2 Å². The Balaban J connectivity index is 1.38. The lowest BCUT2D eigenvalue weighted by atomic mass is 10.1. The Morgan fingerprint density at radius 2 is 1.86 bits per heavy atom. The number of carbonyl (C=O) groups is 2. The predicted molar refractivity (Wildman–Crippen MR) is 135 cm³/mol. The maximum absolute atomic E-state index is 12.6. The molecule has 1 aliphatic rings. The molecule has 0 unspecified atom stereocenters. The lowest BCUT2D eigenvalue weighted by molar-refractivity contribution is -0.116. The monoisotopic (exact) mass is 497 g/mol. The van der Waals surface area contributed by atoms with Crippen LogP contribution in [0.3, 0.4) is 0 Å². The van der Waals surface area contributed by atoms with Crippen molar-refractivity contribution in [1.29, 1.82) is 0 Å². The molecule has 12 heteroatoms. The zero-order chi connectivity index (χ0) is 26.2. The van der Waals surface area contributed by atoms with E-state index in [-0.39, 0.29) is 35.8 Å². The number of anilines is 2. The van der Waals surface area contributed by atoms with Crippen molar-refractivity contribution >= 4 is 34.5 Å². The Bertz CT molecular complexity index is 1400. The number of hydrogen-bond donors (Lipinski definition) is 2. The molecule has 2 N–H and O–H groups in total. The fourth-order valence-electron chi connectivity index (χ4n) is 4.18. The van der Waals surface area contributed by atoms with Crippen LogP contribution in [0.25, 0.3) is 11.2 Å². The summed E-state index contributed by atoms with van der Waals surface area (Å²) in [5.74, 6) is -0.338. The highest BCUT2D eigenvalue weighted by molar-refractivity contribution is 5.91. The van der Waals surface area contributed by atoms with E-state index >= 15 is 0 Å². The molecule has 4 rings (SSSR count). The van der Waals surface area contributed by atoms with Crippen molar-refractivity contribution in [2.75, 3.05) is 29.9 Å². The van der Waals surface area contributed by atoms with Crippen LogP contribution in [0.1, 0.15) is 27.7 Å². The van der Waals surface area contributed by atoms with Crippen LogP contribution in [0.4, 0.5) is 16.2 Å². The lowest BCUT2D eigenvalue weighted by Gasteiger charge is -2.41. The highest BCUT2D eigenvalue weighted by Gasteiger charge is 2.30. The zero-order valence-corrected chi connectivity index (χ0v) is 21.1. The molecule has 1 fully saturated rings. The fraction of sp³-hybridized carbons (Fsp3) is 0.458. The molecule has 0 bridgehead atoms. The highest BCUT2D eigenvalue weighted by atomic mass is 16.6. The third-order valence-corrected chi connectivity index (χ3v) is 5.95. The van der Waals surface area contributed by atoms with E-state index in [0.29, 0.717) is 25.3 Å². The number of benzene rings is 1. The summed E-state index contributed by atoms with van der Waals surface area (Å²) in [6, 6.07) is 7.55. The number of fused-ring (bicyclic) bond motifs is 1. The first-order chi connectivity index (χ1) is 16.9. The van der Waals surface area contributed by atoms with Crippen molar-refractivity contribution in [2.24, 2.45) is 7.05 Å². The number of H-pyrrole nitrogens is 1. The van der Waals surface area contributed by atoms with Gasteiger partial charge in [-0.05, 0) is 52.0 Å². The summed E-state index contributed by atoms with van der Waals surface area (Å²) in [5, 5.41) is 2.82. The molecule has 1 aliphatic heterocycles. The highest BCUT2D eigenvalue weighted by Crippen LogP contribution is 2.23. The van der Waals surface area contributed by atoms with E-state index in [0.717, 1.165) is 10.3 Å². The van der Waals surface area contributed by atoms with Gasteiger partial charge >= 0.3 is 11.8 Å². The minimum absolute atomic E-state index is 0.0929. The number of amides is 2. The summed E-state index contributed by atoms with van der Waals surface area (Å²) >= 11 is 0. The van der Waals surface area contributed by atoms with Crippen molar-refractivity contribution in [3.8, 4) is 0 Å². The van der Waals surface area contributed by atoms with E-state index < -0.39 is 16.9 Å². The number of carbonyl (C=O) groups excluding carboxylic acids is 2. The number of hydrogen-bond acceptors (Lipinski definition) is 7. The molecule has 36 heavy (non-hydrogen) atoms.